The number of allylic oxidation sites excluding steroid dienone is 2. The van der Waals surface area contributed by atoms with Gasteiger partial charge in [0.1, 0.15) is 5.76 Å². The lowest BCUT2D eigenvalue weighted by Crippen LogP contribution is -2.04. The Morgan fingerprint density at radius 2 is 1.69 bits per heavy atom. The molecule has 0 aliphatic rings. The molecule has 2 N–H and O–H groups in total. The molecule has 0 aliphatic heterocycles. The first-order valence-corrected chi connectivity index (χ1v) is 7.93. The fourth-order valence-electron chi connectivity index (χ4n) is 2.78. The van der Waals surface area contributed by atoms with E-state index in [4.69, 9.17) is 4.42 Å². The first kappa shape index (κ1) is 17.2. The van der Waals surface area contributed by atoms with E-state index in [2.05, 4.69) is 0 Å². The Hall–Kier alpha value is -3.60. The number of aliphatic carboxylic acids is 2. The van der Waals surface area contributed by atoms with Crippen LogP contribution in [-0.2, 0) is 16.0 Å². The van der Waals surface area contributed by atoms with Crippen LogP contribution >= 0.6 is 0 Å². The van der Waals surface area contributed by atoms with Gasteiger partial charge < -0.3 is 14.6 Å². The highest BCUT2D eigenvalue weighted by atomic mass is 16.4. The van der Waals surface area contributed by atoms with Crippen LogP contribution < -0.4 is 0 Å². The number of furan rings is 1. The van der Waals surface area contributed by atoms with Gasteiger partial charge in [-0.15, -0.1) is 0 Å². The van der Waals surface area contributed by atoms with Crippen LogP contribution in [-0.4, -0.2) is 22.2 Å². The standard InChI is InChI=1S/C21H16O5/c22-20(23)13-15(11-16(21(24)25)12-17-7-4-10-26-17)19-9-3-6-14-5-1-2-8-18(14)19/h1-11,13H,12H2,(H,22,23)(H,24,25). The summed E-state index contributed by atoms with van der Waals surface area (Å²) < 4.78 is 5.21. The number of carboxylic acid groups (broad SMARTS) is 2. The quantitative estimate of drug-likeness (QED) is 0.516. The summed E-state index contributed by atoms with van der Waals surface area (Å²) in [4.78, 5) is 23.0. The van der Waals surface area contributed by atoms with Gasteiger partial charge in [0, 0.05) is 18.1 Å². The Kier molecular flexibility index (Phi) is 4.99. The average Bonchev–Trinajstić information content (AvgIpc) is 3.12. The molecule has 130 valence electrons. The number of carboxylic acids is 2. The van der Waals surface area contributed by atoms with Crippen LogP contribution in [0, 0.1) is 0 Å². The van der Waals surface area contributed by atoms with Gasteiger partial charge in [-0.1, -0.05) is 42.5 Å². The van der Waals surface area contributed by atoms with Gasteiger partial charge in [-0.05, 0) is 40.1 Å². The minimum atomic E-state index is -1.15. The minimum Gasteiger partial charge on any atom is -0.478 e. The van der Waals surface area contributed by atoms with E-state index in [1.165, 1.54) is 12.3 Å². The van der Waals surface area contributed by atoms with Gasteiger partial charge in [0.25, 0.3) is 0 Å². The minimum absolute atomic E-state index is 0.0420. The zero-order valence-corrected chi connectivity index (χ0v) is 13.8. The van der Waals surface area contributed by atoms with Crippen molar-refractivity contribution in [2.75, 3.05) is 0 Å². The summed E-state index contributed by atoms with van der Waals surface area (Å²) >= 11 is 0. The van der Waals surface area contributed by atoms with Gasteiger partial charge in [-0.25, -0.2) is 9.59 Å². The van der Waals surface area contributed by atoms with Gasteiger partial charge in [-0.3, -0.25) is 0 Å². The summed E-state index contributed by atoms with van der Waals surface area (Å²) in [5.74, 6) is -1.78. The van der Waals surface area contributed by atoms with Crippen molar-refractivity contribution >= 4 is 28.3 Å². The van der Waals surface area contributed by atoms with E-state index < -0.39 is 11.9 Å². The normalized spacial score (nSPS) is 12.3. The first-order valence-electron chi connectivity index (χ1n) is 7.93. The van der Waals surface area contributed by atoms with E-state index in [0.717, 1.165) is 16.8 Å². The van der Waals surface area contributed by atoms with Crippen molar-refractivity contribution in [2.45, 2.75) is 6.42 Å². The monoisotopic (exact) mass is 348 g/mol. The maximum Gasteiger partial charge on any atom is 0.332 e. The number of carbonyl (C=O) groups is 2. The summed E-state index contributed by atoms with van der Waals surface area (Å²) in [6, 6.07) is 16.4. The van der Waals surface area contributed by atoms with Crippen molar-refractivity contribution in [3.8, 4) is 0 Å². The van der Waals surface area contributed by atoms with Gasteiger partial charge in [0.2, 0.25) is 0 Å². The van der Waals surface area contributed by atoms with Gasteiger partial charge in [0.15, 0.2) is 0 Å². The summed E-state index contributed by atoms with van der Waals surface area (Å²) in [7, 11) is 0. The third-order valence-corrected chi connectivity index (χ3v) is 3.93. The van der Waals surface area contributed by atoms with Crippen molar-refractivity contribution < 1.29 is 24.2 Å². The van der Waals surface area contributed by atoms with Crippen LogP contribution in [0.4, 0.5) is 0 Å². The number of fused-ring (bicyclic) bond motifs is 1. The molecule has 0 fully saturated rings. The highest BCUT2D eigenvalue weighted by Crippen LogP contribution is 2.27. The van der Waals surface area contributed by atoms with Gasteiger partial charge in [0.05, 0.1) is 6.26 Å². The third-order valence-electron chi connectivity index (χ3n) is 3.93. The Balaban J connectivity index is 2.13. The molecule has 0 atom stereocenters. The molecule has 0 bridgehead atoms. The summed E-state index contributed by atoms with van der Waals surface area (Å²) in [5, 5.41) is 20.6. The molecule has 0 saturated carbocycles. The molecule has 5 heteroatoms. The van der Waals surface area contributed by atoms with Crippen molar-refractivity contribution in [3.05, 3.63) is 89.9 Å². The molecule has 2 aromatic carbocycles. The Morgan fingerprint density at radius 3 is 2.38 bits per heavy atom. The van der Waals surface area contributed by atoms with E-state index >= 15 is 0 Å². The maximum absolute atomic E-state index is 11.7. The Labute approximate surface area is 149 Å². The average molecular weight is 348 g/mol. The van der Waals surface area contributed by atoms with Crippen LogP contribution in [0.25, 0.3) is 16.3 Å². The number of rotatable bonds is 6. The van der Waals surface area contributed by atoms with Crippen molar-refractivity contribution in [1.29, 1.82) is 0 Å². The molecule has 3 rings (SSSR count). The lowest BCUT2D eigenvalue weighted by Gasteiger charge is -2.09. The van der Waals surface area contributed by atoms with Crippen LogP contribution in [0.2, 0.25) is 0 Å². The zero-order valence-electron chi connectivity index (χ0n) is 13.8. The summed E-state index contributed by atoms with van der Waals surface area (Å²) in [5.41, 5.74) is 1.02. The summed E-state index contributed by atoms with van der Waals surface area (Å²) in [6.07, 6.45) is 3.94. The van der Waals surface area contributed by atoms with Crippen LogP contribution in [0.5, 0.6) is 0 Å². The molecule has 0 radical (unpaired) electrons. The Morgan fingerprint density at radius 1 is 0.923 bits per heavy atom. The predicted octanol–water partition coefficient (Wildman–Crippen LogP) is 4.15. The molecule has 1 heterocycles. The topological polar surface area (TPSA) is 87.7 Å². The van der Waals surface area contributed by atoms with E-state index in [1.54, 1.807) is 18.2 Å². The SMILES string of the molecule is O=C(O)C=C(C=C(Cc1ccco1)C(=O)O)c1cccc2ccccc12. The molecule has 1 aromatic heterocycles. The molecule has 0 spiro atoms. The second-order valence-corrected chi connectivity index (χ2v) is 5.70. The molecule has 0 aliphatic carbocycles. The molecular weight excluding hydrogens is 332 g/mol. The van der Waals surface area contributed by atoms with Crippen LogP contribution in [0.3, 0.4) is 0 Å². The maximum atomic E-state index is 11.7. The van der Waals surface area contributed by atoms with E-state index in [0.29, 0.717) is 16.9 Å². The van der Waals surface area contributed by atoms with Gasteiger partial charge in [-0.2, -0.15) is 0 Å². The van der Waals surface area contributed by atoms with Crippen molar-refractivity contribution in [3.63, 3.8) is 0 Å². The van der Waals surface area contributed by atoms with Crippen molar-refractivity contribution in [2.24, 2.45) is 0 Å². The van der Waals surface area contributed by atoms with E-state index in [-0.39, 0.29) is 12.0 Å². The first-order chi connectivity index (χ1) is 12.5. The largest absolute Gasteiger partial charge is 0.478 e. The molecule has 0 unspecified atom stereocenters. The smallest absolute Gasteiger partial charge is 0.332 e. The van der Waals surface area contributed by atoms with E-state index in [1.807, 2.05) is 36.4 Å². The number of hydrogen-bond acceptors (Lipinski definition) is 3. The zero-order chi connectivity index (χ0) is 18.5. The van der Waals surface area contributed by atoms with E-state index in [9.17, 15) is 19.8 Å². The Bertz CT molecular complexity index is 1000. The molecule has 5 nitrogen and oxygen atoms in total. The predicted molar refractivity (Wildman–Crippen MR) is 97.7 cm³/mol. The lowest BCUT2D eigenvalue weighted by molar-refractivity contribution is -0.133. The van der Waals surface area contributed by atoms with Crippen LogP contribution in [0.1, 0.15) is 11.3 Å². The van der Waals surface area contributed by atoms with Crippen LogP contribution in [0.15, 0.2) is 83.0 Å². The fraction of sp³-hybridized carbons (Fsp3) is 0.0476. The highest BCUT2D eigenvalue weighted by Gasteiger charge is 2.14. The van der Waals surface area contributed by atoms with Gasteiger partial charge >= 0.3 is 11.9 Å². The van der Waals surface area contributed by atoms with Crippen molar-refractivity contribution in [1.82, 2.24) is 0 Å². The highest BCUT2D eigenvalue weighted by molar-refractivity contribution is 6.03. The number of hydrogen-bond donors (Lipinski definition) is 2. The molecule has 0 amide bonds. The lowest BCUT2D eigenvalue weighted by atomic mass is 9.95. The fourth-order valence-corrected chi connectivity index (χ4v) is 2.78. The number of benzene rings is 2. The molecule has 0 saturated heterocycles. The second-order valence-electron chi connectivity index (χ2n) is 5.70. The second kappa shape index (κ2) is 7.53. The molecule has 3 aromatic rings. The third kappa shape index (κ3) is 3.89. The molecular formula is C21H16O5. The summed E-state index contributed by atoms with van der Waals surface area (Å²) in [6.45, 7) is 0. The molecule has 26 heavy (non-hydrogen) atoms.